The second-order valence-electron chi connectivity index (χ2n) is 4.89. The van der Waals surface area contributed by atoms with Crippen molar-refractivity contribution >= 4 is 11.9 Å². The molecule has 1 aromatic carbocycles. The van der Waals surface area contributed by atoms with E-state index in [-0.39, 0.29) is 5.91 Å². The van der Waals surface area contributed by atoms with Crippen molar-refractivity contribution in [3.63, 3.8) is 0 Å². The van der Waals surface area contributed by atoms with E-state index >= 15 is 0 Å². The van der Waals surface area contributed by atoms with Crippen molar-refractivity contribution in [1.82, 2.24) is 9.97 Å². The van der Waals surface area contributed by atoms with Crippen LogP contribution in [0.25, 0.3) is 0 Å². The number of carbonyl (C=O) groups is 1. The molecule has 0 fully saturated rings. The molecule has 1 heterocycles. The summed E-state index contributed by atoms with van der Waals surface area (Å²) in [4.78, 5) is 19.3. The normalized spacial score (nSPS) is 10.6. The predicted molar refractivity (Wildman–Crippen MR) is 76.7 cm³/mol. The van der Waals surface area contributed by atoms with Gasteiger partial charge in [0.05, 0.1) is 0 Å². The zero-order valence-corrected chi connectivity index (χ0v) is 12.0. The number of benzene rings is 1. The summed E-state index contributed by atoms with van der Waals surface area (Å²) in [7, 11) is 0. The number of nitrogens with zero attached hydrogens (tertiary/aromatic N) is 1. The maximum absolute atomic E-state index is 12.4. The molecule has 2 rings (SSSR count). The van der Waals surface area contributed by atoms with E-state index in [2.05, 4.69) is 36.1 Å². The van der Waals surface area contributed by atoms with Gasteiger partial charge in [-0.1, -0.05) is 0 Å². The van der Waals surface area contributed by atoms with Gasteiger partial charge in [-0.15, -0.1) is 0 Å². The number of H-pyrrole nitrogens is 1. The number of aromatic amines is 1. The van der Waals surface area contributed by atoms with Crippen LogP contribution >= 0.6 is 0 Å². The van der Waals surface area contributed by atoms with Crippen LogP contribution in [0.1, 0.15) is 38.2 Å². The SMILES string of the molecule is Cc1c(C)c(C)c(C(=O)Nc2ncc[nH]2)c(C)c1C. The van der Waals surface area contributed by atoms with Gasteiger partial charge in [-0.3, -0.25) is 10.1 Å². The zero-order valence-electron chi connectivity index (χ0n) is 12.0. The van der Waals surface area contributed by atoms with E-state index in [1.54, 1.807) is 12.4 Å². The molecule has 1 aromatic heterocycles. The van der Waals surface area contributed by atoms with Crippen LogP contribution in [0.5, 0.6) is 0 Å². The third-order valence-corrected chi connectivity index (χ3v) is 3.96. The van der Waals surface area contributed by atoms with Crippen molar-refractivity contribution in [2.75, 3.05) is 5.32 Å². The van der Waals surface area contributed by atoms with Gasteiger partial charge in [0.2, 0.25) is 5.95 Å². The van der Waals surface area contributed by atoms with Gasteiger partial charge in [0, 0.05) is 18.0 Å². The zero-order chi connectivity index (χ0) is 14.2. The van der Waals surface area contributed by atoms with Crippen molar-refractivity contribution < 1.29 is 4.79 Å². The molecule has 0 bridgehead atoms. The maximum Gasteiger partial charge on any atom is 0.258 e. The molecule has 0 saturated heterocycles. The van der Waals surface area contributed by atoms with E-state index in [4.69, 9.17) is 0 Å². The smallest absolute Gasteiger partial charge is 0.258 e. The third kappa shape index (κ3) is 2.26. The number of rotatable bonds is 2. The lowest BCUT2D eigenvalue weighted by Crippen LogP contribution is -2.18. The number of hydrogen-bond acceptors (Lipinski definition) is 2. The summed E-state index contributed by atoms with van der Waals surface area (Å²) < 4.78 is 0. The maximum atomic E-state index is 12.4. The van der Waals surface area contributed by atoms with E-state index in [0.717, 1.165) is 16.7 Å². The molecule has 0 saturated carbocycles. The molecule has 0 aliphatic carbocycles. The average Bonchev–Trinajstić information content (AvgIpc) is 2.87. The standard InChI is InChI=1S/C15H19N3O/c1-8-9(2)11(4)13(12(5)10(8)3)14(19)18-15-16-6-7-17-15/h6-7H,1-5H3,(H2,16,17,18,19). The molecule has 2 N–H and O–H groups in total. The number of imidazole rings is 1. The number of amides is 1. The second-order valence-corrected chi connectivity index (χ2v) is 4.89. The first-order valence-electron chi connectivity index (χ1n) is 6.31. The highest BCUT2D eigenvalue weighted by atomic mass is 16.1. The second kappa shape index (κ2) is 4.88. The summed E-state index contributed by atoms with van der Waals surface area (Å²) in [6, 6.07) is 0. The van der Waals surface area contributed by atoms with Crippen LogP contribution < -0.4 is 5.32 Å². The van der Waals surface area contributed by atoms with Crippen LogP contribution in [0.15, 0.2) is 12.4 Å². The van der Waals surface area contributed by atoms with Gasteiger partial charge in [0.1, 0.15) is 0 Å². The molecule has 100 valence electrons. The van der Waals surface area contributed by atoms with Crippen LogP contribution in [0, 0.1) is 34.6 Å². The number of carbonyl (C=O) groups excluding carboxylic acids is 1. The van der Waals surface area contributed by atoms with E-state index in [1.807, 2.05) is 13.8 Å². The van der Waals surface area contributed by atoms with Crippen LogP contribution in [0.2, 0.25) is 0 Å². The van der Waals surface area contributed by atoms with Crippen molar-refractivity contribution in [3.05, 3.63) is 45.8 Å². The lowest BCUT2D eigenvalue weighted by atomic mass is 9.89. The molecule has 1 amide bonds. The summed E-state index contributed by atoms with van der Waals surface area (Å²) >= 11 is 0. The quantitative estimate of drug-likeness (QED) is 0.868. The Morgan fingerprint density at radius 2 is 1.53 bits per heavy atom. The molecular formula is C15H19N3O. The molecular weight excluding hydrogens is 238 g/mol. The van der Waals surface area contributed by atoms with E-state index in [0.29, 0.717) is 5.95 Å². The first-order valence-corrected chi connectivity index (χ1v) is 6.31. The fraction of sp³-hybridized carbons (Fsp3) is 0.333. The molecule has 4 nitrogen and oxygen atoms in total. The Morgan fingerprint density at radius 1 is 1.00 bits per heavy atom. The van der Waals surface area contributed by atoms with Crippen molar-refractivity contribution in [3.8, 4) is 0 Å². The largest absolute Gasteiger partial charge is 0.331 e. The van der Waals surface area contributed by atoms with E-state index in [9.17, 15) is 4.79 Å². The Bertz CT molecular complexity index is 598. The molecule has 19 heavy (non-hydrogen) atoms. The Hall–Kier alpha value is -2.10. The molecule has 0 atom stereocenters. The Kier molecular flexibility index (Phi) is 3.42. The van der Waals surface area contributed by atoms with Crippen molar-refractivity contribution in [1.29, 1.82) is 0 Å². The lowest BCUT2D eigenvalue weighted by molar-refractivity contribution is 0.102. The highest BCUT2D eigenvalue weighted by Crippen LogP contribution is 2.26. The number of hydrogen-bond donors (Lipinski definition) is 2. The first kappa shape index (κ1) is 13.3. The van der Waals surface area contributed by atoms with Crippen LogP contribution in [0.4, 0.5) is 5.95 Å². The van der Waals surface area contributed by atoms with Crippen molar-refractivity contribution in [2.24, 2.45) is 0 Å². The summed E-state index contributed by atoms with van der Waals surface area (Å²) in [5.74, 6) is 0.357. The molecule has 4 heteroatoms. The fourth-order valence-electron chi connectivity index (χ4n) is 2.34. The van der Waals surface area contributed by atoms with Gasteiger partial charge < -0.3 is 4.98 Å². The summed E-state index contributed by atoms with van der Waals surface area (Å²) in [6.07, 6.45) is 3.29. The molecule has 0 aliphatic heterocycles. The fourth-order valence-corrected chi connectivity index (χ4v) is 2.34. The summed E-state index contributed by atoms with van der Waals surface area (Å²) in [6.45, 7) is 10.2. The summed E-state index contributed by atoms with van der Waals surface area (Å²) in [5.41, 5.74) is 6.41. The van der Waals surface area contributed by atoms with Crippen LogP contribution in [-0.4, -0.2) is 15.9 Å². The minimum atomic E-state index is -0.115. The highest BCUT2D eigenvalue weighted by molar-refractivity contribution is 6.06. The van der Waals surface area contributed by atoms with Crippen LogP contribution in [0.3, 0.4) is 0 Å². The van der Waals surface area contributed by atoms with Crippen molar-refractivity contribution in [2.45, 2.75) is 34.6 Å². The Morgan fingerprint density at radius 3 is 2.00 bits per heavy atom. The van der Waals surface area contributed by atoms with E-state index in [1.165, 1.54) is 16.7 Å². The molecule has 2 aromatic rings. The topological polar surface area (TPSA) is 57.8 Å². The van der Waals surface area contributed by atoms with Gasteiger partial charge in [-0.05, 0) is 62.4 Å². The molecule has 0 radical (unpaired) electrons. The molecule has 0 aliphatic rings. The van der Waals surface area contributed by atoms with Gasteiger partial charge in [-0.2, -0.15) is 0 Å². The average molecular weight is 257 g/mol. The first-order chi connectivity index (χ1) is 8.93. The predicted octanol–water partition coefficient (Wildman–Crippen LogP) is 3.20. The van der Waals surface area contributed by atoms with Gasteiger partial charge in [0.25, 0.3) is 5.91 Å². The van der Waals surface area contributed by atoms with Crippen LogP contribution in [-0.2, 0) is 0 Å². The van der Waals surface area contributed by atoms with E-state index < -0.39 is 0 Å². The number of anilines is 1. The monoisotopic (exact) mass is 257 g/mol. The van der Waals surface area contributed by atoms with Gasteiger partial charge >= 0.3 is 0 Å². The Labute approximate surface area is 113 Å². The summed E-state index contributed by atoms with van der Waals surface area (Å²) in [5, 5.41) is 2.79. The third-order valence-electron chi connectivity index (χ3n) is 3.96. The number of nitrogens with one attached hydrogen (secondary N) is 2. The van der Waals surface area contributed by atoms with Gasteiger partial charge in [0.15, 0.2) is 0 Å². The highest BCUT2D eigenvalue weighted by Gasteiger charge is 2.18. The minimum absolute atomic E-state index is 0.115. The minimum Gasteiger partial charge on any atom is -0.331 e. The molecule has 0 unspecified atom stereocenters. The number of aromatic nitrogens is 2. The lowest BCUT2D eigenvalue weighted by Gasteiger charge is -2.17. The van der Waals surface area contributed by atoms with Gasteiger partial charge in [-0.25, -0.2) is 4.98 Å². The molecule has 0 spiro atoms. The Balaban J connectivity index is 2.48.